The van der Waals surface area contributed by atoms with Crippen LogP contribution >= 0.6 is 11.3 Å². The van der Waals surface area contributed by atoms with Crippen molar-refractivity contribution in [1.82, 2.24) is 9.88 Å². The first-order valence-electron chi connectivity index (χ1n) is 9.57. The number of nitrogens with one attached hydrogen (secondary N) is 2. The Morgan fingerprint density at radius 3 is 2.79 bits per heavy atom. The maximum absolute atomic E-state index is 12.6. The van der Waals surface area contributed by atoms with Gasteiger partial charge < -0.3 is 15.0 Å². The highest BCUT2D eigenvalue weighted by Crippen LogP contribution is 2.21. The van der Waals surface area contributed by atoms with Crippen LogP contribution in [0.15, 0.2) is 35.7 Å². The quantitative estimate of drug-likeness (QED) is 0.705. The fraction of sp³-hybridized carbons (Fsp3) is 0.400. The number of urea groups is 1. The molecule has 29 heavy (non-hydrogen) atoms. The third kappa shape index (κ3) is 6.02. The maximum Gasteiger partial charge on any atom is 0.325 e. The number of rotatable bonds is 6. The van der Waals surface area contributed by atoms with Gasteiger partial charge in [0.15, 0.2) is 5.13 Å². The molecule has 1 aliphatic heterocycles. The molecule has 1 fully saturated rings. The lowest BCUT2D eigenvalue weighted by atomic mass is 9.98. The van der Waals surface area contributed by atoms with E-state index in [1.807, 2.05) is 18.2 Å². The van der Waals surface area contributed by atoms with E-state index in [4.69, 9.17) is 4.74 Å². The maximum atomic E-state index is 12.6. The van der Waals surface area contributed by atoms with Crippen molar-refractivity contribution < 1.29 is 19.1 Å². The van der Waals surface area contributed by atoms with Crippen molar-refractivity contribution in [3.05, 3.63) is 41.4 Å². The smallest absolute Gasteiger partial charge is 0.325 e. The molecule has 0 spiro atoms. The van der Waals surface area contributed by atoms with Crippen molar-refractivity contribution >= 4 is 40.1 Å². The summed E-state index contributed by atoms with van der Waals surface area (Å²) >= 11 is 1.26. The molecule has 3 amide bonds. The average Bonchev–Trinajstić information content (AvgIpc) is 3.15. The predicted octanol–water partition coefficient (Wildman–Crippen LogP) is 3.13. The predicted molar refractivity (Wildman–Crippen MR) is 111 cm³/mol. The molecule has 1 aromatic carbocycles. The summed E-state index contributed by atoms with van der Waals surface area (Å²) in [5.74, 6) is -0.582. The normalized spacial score (nSPS) is 16.2. The summed E-state index contributed by atoms with van der Waals surface area (Å²) in [6.07, 6.45) is 1.65. The SMILES string of the molecule is CCOC(=O)[C@@H]1CCCN(C(=O)Cc2csc(NC(=O)Nc3ccccc3)n2)C1. The topological polar surface area (TPSA) is 101 Å². The van der Waals surface area contributed by atoms with E-state index in [-0.39, 0.29) is 24.2 Å². The Hall–Kier alpha value is -2.94. The number of thiazole rings is 1. The second-order valence-corrected chi connectivity index (χ2v) is 7.55. The summed E-state index contributed by atoms with van der Waals surface area (Å²) in [4.78, 5) is 42.6. The highest BCUT2D eigenvalue weighted by Gasteiger charge is 2.29. The van der Waals surface area contributed by atoms with Crippen LogP contribution in [0.2, 0.25) is 0 Å². The Morgan fingerprint density at radius 2 is 2.03 bits per heavy atom. The number of hydrogen-bond donors (Lipinski definition) is 2. The fourth-order valence-corrected chi connectivity index (χ4v) is 3.85. The zero-order valence-electron chi connectivity index (χ0n) is 16.2. The molecule has 1 aromatic heterocycles. The molecule has 3 rings (SSSR count). The Morgan fingerprint density at radius 1 is 1.24 bits per heavy atom. The molecule has 2 heterocycles. The van der Waals surface area contributed by atoms with E-state index < -0.39 is 6.03 Å². The second kappa shape index (κ2) is 10.0. The van der Waals surface area contributed by atoms with E-state index in [0.29, 0.717) is 36.2 Å². The molecular weight excluding hydrogens is 392 g/mol. The molecule has 0 bridgehead atoms. The van der Waals surface area contributed by atoms with Crippen molar-refractivity contribution in [3.8, 4) is 0 Å². The standard InChI is InChI=1S/C20H24N4O4S/c1-2-28-18(26)14-7-6-10-24(12-14)17(25)11-16-13-29-20(22-16)23-19(27)21-15-8-4-3-5-9-15/h3-5,8-9,13-14H,2,6-7,10-12H2,1H3,(H2,21,22,23,27)/t14-/m1/s1. The largest absolute Gasteiger partial charge is 0.466 e. The third-order valence-corrected chi connectivity index (χ3v) is 5.34. The first-order chi connectivity index (χ1) is 14.0. The highest BCUT2D eigenvalue weighted by molar-refractivity contribution is 7.14. The van der Waals surface area contributed by atoms with Gasteiger partial charge >= 0.3 is 12.0 Å². The number of carbonyl (C=O) groups is 3. The minimum atomic E-state index is -0.392. The molecule has 9 heteroatoms. The third-order valence-electron chi connectivity index (χ3n) is 4.53. The number of carbonyl (C=O) groups excluding carboxylic acids is 3. The molecule has 0 unspecified atom stereocenters. The van der Waals surface area contributed by atoms with E-state index in [0.717, 1.165) is 12.8 Å². The van der Waals surface area contributed by atoms with Crippen LogP contribution in [-0.2, 0) is 20.7 Å². The van der Waals surface area contributed by atoms with Gasteiger partial charge in [-0.2, -0.15) is 0 Å². The van der Waals surface area contributed by atoms with Crippen LogP contribution in [0, 0.1) is 5.92 Å². The number of esters is 1. The molecule has 1 atom stereocenters. The number of piperidine rings is 1. The molecule has 2 N–H and O–H groups in total. The molecule has 0 radical (unpaired) electrons. The Bertz CT molecular complexity index is 855. The number of anilines is 2. The van der Waals surface area contributed by atoms with Crippen LogP contribution in [0.25, 0.3) is 0 Å². The number of aromatic nitrogens is 1. The van der Waals surface area contributed by atoms with Gasteiger partial charge in [-0.3, -0.25) is 14.9 Å². The zero-order valence-corrected chi connectivity index (χ0v) is 17.0. The van der Waals surface area contributed by atoms with Gasteiger partial charge in [-0.25, -0.2) is 9.78 Å². The van der Waals surface area contributed by atoms with Gasteiger partial charge in [-0.1, -0.05) is 18.2 Å². The number of nitrogens with zero attached hydrogens (tertiary/aromatic N) is 2. The van der Waals surface area contributed by atoms with E-state index in [1.165, 1.54) is 11.3 Å². The molecule has 1 aliphatic rings. The molecule has 8 nitrogen and oxygen atoms in total. The summed E-state index contributed by atoms with van der Waals surface area (Å²) in [5.41, 5.74) is 1.27. The number of likely N-dealkylation sites (tertiary alicyclic amines) is 1. The van der Waals surface area contributed by atoms with E-state index in [2.05, 4.69) is 15.6 Å². The zero-order chi connectivity index (χ0) is 20.6. The van der Waals surface area contributed by atoms with E-state index >= 15 is 0 Å². The Kier molecular flexibility index (Phi) is 7.18. The molecular formula is C20H24N4O4S. The molecule has 0 saturated carbocycles. The van der Waals surface area contributed by atoms with Gasteiger partial charge in [0.05, 0.1) is 24.6 Å². The monoisotopic (exact) mass is 416 g/mol. The molecule has 0 aliphatic carbocycles. The van der Waals surface area contributed by atoms with Crippen LogP contribution in [0.3, 0.4) is 0 Å². The van der Waals surface area contributed by atoms with E-state index in [1.54, 1.807) is 29.3 Å². The summed E-state index contributed by atoms with van der Waals surface area (Å²) in [5, 5.41) is 7.56. The lowest BCUT2D eigenvalue weighted by Crippen LogP contribution is -2.43. The van der Waals surface area contributed by atoms with Gasteiger partial charge in [0.1, 0.15) is 0 Å². The molecule has 2 aromatic rings. The van der Waals surface area contributed by atoms with Gasteiger partial charge in [-0.15, -0.1) is 11.3 Å². The van der Waals surface area contributed by atoms with Gasteiger partial charge in [0.25, 0.3) is 0 Å². The summed E-state index contributed by atoms with van der Waals surface area (Å²) in [6, 6.07) is 8.70. The summed E-state index contributed by atoms with van der Waals surface area (Å²) in [6.45, 7) is 3.13. The first-order valence-corrected chi connectivity index (χ1v) is 10.4. The molecule has 154 valence electrons. The van der Waals surface area contributed by atoms with Crippen molar-refractivity contribution in [3.63, 3.8) is 0 Å². The average molecular weight is 417 g/mol. The van der Waals surface area contributed by atoms with Crippen LogP contribution in [0.5, 0.6) is 0 Å². The minimum absolute atomic E-state index is 0.0791. The lowest BCUT2D eigenvalue weighted by molar-refractivity contribution is -0.151. The van der Waals surface area contributed by atoms with Crippen molar-refractivity contribution in [1.29, 1.82) is 0 Å². The van der Waals surface area contributed by atoms with Crippen LogP contribution < -0.4 is 10.6 Å². The number of ether oxygens (including phenoxy) is 1. The summed E-state index contributed by atoms with van der Waals surface area (Å²) in [7, 11) is 0. The molecule has 1 saturated heterocycles. The number of para-hydroxylation sites is 1. The van der Waals surface area contributed by atoms with Crippen LogP contribution in [0.1, 0.15) is 25.5 Å². The van der Waals surface area contributed by atoms with Gasteiger partial charge in [-0.05, 0) is 31.9 Å². The number of benzene rings is 1. The van der Waals surface area contributed by atoms with Crippen molar-refractivity contribution in [2.45, 2.75) is 26.2 Å². The first kappa shape index (κ1) is 20.8. The Labute approximate surface area is 173 Å². The highest BCUT2D eigenvalue weighted by atomic mass is 32.1. The van der Waals surface area contributed by atoms with Gasteiger partial charge in [0, 0.05) is 24.2 Å². The summed E-state index contributed by atoms with van der Waals surface area (Å²) < 4.78 is 5.08. The van der Waals surface area contributed by atoms with Crippen LogP contribution in [-0.4, -0.2) is 47.5 Å². The fourth-order valence-electron chi connectivity index (χ4n) is 3.15. The second-order valence-electron chi connectivity index (χ2n) is 6.70. The van der Waals surface area contributed by atoms with Crippen LogP contribution in [0.4, 0.5) is 15.6 Å². The van der Waals surface area contributed by atoms with Gasteiger partial charge in [0.2, 0.25) is 5.91 Å². The lowest BCUT2D eigenvalue weighted by Gasteiger charge is -2.31. The van der Waals surface area contributed by atoms with Crippen molar-refractivity contribution in [2.75, 3.05) is 30.3 Å². The number of amides is 3. The Balaban J connectivity index is 1.50. The minimum Gasteiger partial charge on any atom is -0.466 e. The van der Waals surface area contributed by atoms with E-state index in [9.17, 15) is 14.4 Å². The van der Waals surface area contributed by atoms with Crippen molar-refractivity contribution in [2.24, 2.45) is 5.92 Å². The number of hydrogen-bond acceptors (Lipinski definition) is 6.